The molecule has 0 bridgehead atoms. The van der Waals surface area contributed by atoms with Gasteiger partial charge in [-0.2, -0.15) is 0 Å². The Morgan fingerprint density at radius 3 is 2.52 bits per heavy atom. The van der Waals surface area contributed by atoms with Crippen LogP contribution >= 0.6 is 0 Å². The van der Waals surface area contributed by atoms with Gasteiger partial charge in [0.05, 0.1) is 0 Å². The summed E-state index contributed by atoms with van der Waals surface area (Å²) in [5.74, 6) is 3.52. The minimum atomic E-state index is -1.51. The quantitative estimate of drug-likeness (QED) is 0.655. The van der Waals surface area contributed by atoms with Crippen LogP contribution in [-0.4, -0.2) is 17.0 Å². The van der Waals surface area contributed by atoms with Gasteiger partial charge in [-0.15, -0.1) is 0 Å². The van der Waals surface area contributed by atoms with Crippen molar-refractivity contribution in [2.45, 2.75) is 6.42 Å². The first-order valence-corrected chi connectivity index (χ1v) is 6.32. The van der Waals surface area contributed by atoms with Crippen LogP contribution in [0.15, 0.2) is 54.6 Å². The molecule has 0 unspecified atom stereocenters. The lowest BCUT2D eigenvalue weighted by atomic mass is 10.1. The first-order chi connectivity index (χ1) is 10.1. The van der Waals surface area contributed by atoms with Crippen LogP contribution in [0.4, 0.5) is 5.69 Å². The van der Waals surface area contributed by atoms with E-state index in [0.29, 0.717) is 12.1 Å². The van der Waals surface area contributed by atoms with E-state index in [1.54, 1.807) is 18.2 Å². The van der Waals surface area contributed by atoms with E-state index in [4.69, 9.17) is 5.11 Å². The van der Waals surface area contributed by atoms with Crippen LogP contribution in [0, 0.1) is 11.8 Å². The van der Waals surface area contributed by atoms with E-state index in [9.17, 15) is 9.59 Å². The fraction of sp³-hybridized carbons (Fsp3) is 0.0588. The van der Waals surface area contributed by atoms with Gasteiger partial charge in [0.2, 0.25) is 0 Å². The van der Waals surface area contributed by atoms with Crippen molar-refractivity contribution in [3.05, 3.63) is 65.7 Å². The van der Waals surface area contributed by atoms with Crippen molar-refractivity contribution >= 4 is 17.6 Å². The largest absolute Gasteiger partial charge is 0.474 e. The number of carboxylic acids is 1. The third-order valence-electron chi connectivity index (χ3n) is 2.68. The molecule has 0 aliphatic carbocycles. The number of anilines is 1. The maximum Gasteiger partial charge on any atom is 0.394 e. The summed E-state index contributed by atoms with van der Waals surface area (Å²) in [6, 6.07) is 16.6. The number of hydrogen-bond donors (Lipinski definition) is 2. The van der Waals surface area contributed by atoms with Crippen LogP contribution in [0.2, 0.25) is 0 Å². The SMILES string of the molecule is O=C(O)C(=O)Nc1cccc(CC#Cc2ccccc2)c1. The summed E-state index contributed by atoms with van der Waals surface area (Å²) >= 11 is 0. The second kappa shape index (κ2) is 6.92. The van der Waals surface area contributed by atoms with Gasteiger partial charge in [0.25, 0.3) is 0 Å². The molecule has 0 heterocycles. The zero-order valence-corrected chi connectivity index (χ0v) is 11.2. The molecular formula is C17H13NO3. The van der Waals surface area contributed by atoms with E-state index in [2.05, 4.69) is 17.2 Å². The standard InChI is InChI=1S/C17H13NO3/c19-16(17(20)21)18-15-11-5-10-14(12-15)9-4-8-13-6-2-1-3-7-13/h1-3,5-7,10-12H,9H2,(H,18,19)(H,20,21). The summed E-state index contributed by atoms with van der Waals surface area (Å²) in [7, 11) is 0. The highest BCUT2D eigenvalue weighted by atomic mass is 16.4. The van der Waals surface area contributed by atoms with Gasteiger partial charge in [0.1, 0.15) is 0 Å². The monoisotopic (exact) mass is 279 g/mol. The van der Waals surface area contributed by atoms with Gasteiger partial charge in [-0.25, -0.2) is 4.79 Å². The Morgan fingerprint density at radius 1 is 1.05 bits per heavy atom. The number of aliphatic carboxylic acids is 1. The lowest BCUT2D eigenvalue weighted by molar-refractivity contribution is -0.147. The molecule has 0 saturated heterocycles. The second-order valence-electron chi connectivity index (χ2n) is 4.30. The fourth-order valence-corrected chi connectivity index (χ4v) is 1.71. The average Bonchev–Trinajstić information content (AvgIpc) is 2.48. The highest BCUT2D eigenvalue weighted by Crippen LogP contribution is 2.11. The predicted octanol–water partition coefficient (Wildman–Crippen LogP) is 2.30. The van der Waals surface area contributed by atoms with Crippen molar-refractivity contribution in [2.24, 2.45) is 0 Å². The number of hydrogen-bond acceptors (Lipinski definition) is 2. The Kier molecular flexibility index (Phi) is 4.73. The molecule has 4 heteroatoms. The highest BCUT2D eigenvalue weighted by molar-refractivity contribution is 6.36. The van der Waals surface area contributed by atoms with E-state index in [1.807, 2.05) is 36.4 Å². The van der Waals surface area contributed by atoms with E-state index in [1.165, 1.54) is 0 Å². The third-order valence-corrected chi connectivity index (χ3v) is 2.68. The molecule has 0 radical (unpaired) electrons. The topological polar surface area (TPSA) is 66.4 Å². The molecule has 0 aliphatic heterocycles. The summed E-state index contributed by atoms with van der Waals surface area (Å²) in [4.78, 5) is 21.6. The Bertz CT molecular complexity index is 712. The minimum absolute atomic E-state index is 0.446. The minimum Gasteiger partial charge on any atom is -0.474 e. The molecule has 0 fully saturated rings. The Hall–Kier alpha value is -3.06. The molecule has 2 rings (SSSR count). The summed E-state index contributed by atoms with van der Waals surface area (Å²) < 4.78 is 0. The molecule has 0 spiro atoms. The maximum absolute atomic E-state index is 11.1. The van der Waals surface area contributed by atoms with Crippen molar-refractivity contribution in [3.63, 3.8) is 0 Å². The highest BCUT2D eigenvalue weighted by Gasteiger charge is 2.10. The number of carbonyl (C=O) groups is 2. The van der Waals surface area contributed by atoms with Crippen molar-refractivity contribution in [1.82, 2.24) is 0 Å². The zero-order chi connectivity index (χ0) is 15.1. The smallest absolute Gasteiger partial charge is 0.394 e. The Balaban J connectivity index is 2.03. The lowest BCUT2D eigenvalue weighted by Crippen LogP contribution is -2.21. The van der Waals surface area contributed by atoms with Gasteiger partial charge < -0.3 is 10.4 Å². The third kappa shape index (κ3) is 4.51. The Morgan fingerprint density at radius 2 is 1.81 bits per heavy atom. The molecule has 104 valence electrons. The normalized spacial score (nSPS) is 9.33. The van der Waals surface area contributed by atoms with Crippen molar-refractivity contribution in [3.8, 4) is 11.8 Å². The maximum atomic E-state index is 11.1. The van der Waals surface area contributed by atoms with Gasteiger partial charge in [0.15, 0.2) is 0 Å². The first kappa shape index (κ1) is 14.4. The van der Waals surface area contributed by atoms with Crippen LogP contribution in [-0.2, 0) is 16.0 Å². The fourth-order valence-electron chi connectivity index (χ4n) is 1.71. The van der Waals surface area contributed by atoms with Crippen LogP contribution in [0.3, 0.4) is 0 Å². The van der Waals surface area contributed by atoms with Gasteiger partial charge in [-0.1, -0.05) is 42.2 Å². The molecule has 1 amide bonds. The summed E-state index contributed by atoms with van der Waals surface area (Å²) in [6.07, 6.45) is 0.520. The second-order valence-corrected chi connectivity index (χ2v) is 4.30. The van der Waals surface area contributed by atoms with Gasteiger partial charge in [-0.05, 0) is 29.8 Å². The summed E-state index contributed by atoms with van der Waals surface area (Å²) in [5.41, 5.74) is 2.29. The van der Waals surface area contributed by atoms with Gasteiger partial charge >= 0.3 is 11.9 Å². The number of nitrogens with one attached hydrogen (secondary N) is 1. The molecule has 2 aromatic carbocycles. The molecular weight excluding hydrogens is 266 g/mol. The van der Waals surface area contributed by atoms with Crippen molar-refractivity contribution < 1.29 is 14.7 Å². The number of carbonyl (C=O) groups excluding carboxylic acids is 1. The average molecular weight is 279 g/mol. The first-order valence-electron chi connectivity index (χ1n) is 6.32. The van der Waals surface area contributed by atoms with E-state index in [-0.39, 0.29) is 0 Å². The number of amides is 1. The molecule has 2 aromatic rings. The summed E-state index contributed by atoms with van der Waals surface area (Å²) in [5, 5.41) is 10.8. The number of benzene rings is 2. The van der Waals surface area contributed by atoms with Crippen LogP contribution in [0.25, 0.3) is 0 Å². The molecule has 4 nitrogen and oxygen atoms in total. The van der Waals surface area contributed by atoms with E-state index in [0.717, 1.165) is 11.1 Å². The molecule has 0 aliphatic rings. The van der Waals surface area contributed by atoms with E-state index < -0.39 is 11.9 Å². The summed E-state index contributed by atoms with van der Waals surface area (Å²) in [6.45, 7) is 0. The molecule has 21 heavy (non-hydrogen) atoms. The Labute approximate surface area is 122 Å². The van der Waals surface area contributed by atoms with Crippen molar-refractivity contribution in [1.29, 1.82) is 0 Å². The zero-order valence-electron chi connectivity index (χ0n) is 11.2. The van der Waals surface area contributed by atoms with Crippen LogP contribution in [0.1, 0.15) is 11.1 Å². The molecule has 2 N–H and O–H groups in total. The number of rotatable bonds is 2. The lowest BCUT2D eigenvalue weighted by Gasteiger charge is -2.03. The van der Waals surface area contributed by atoms with Crippen LogP contribution < -0.4 is 5.32 Å². The van der Waals surface area contributed by atoms with Gasteiger partial charge in [0, 0.05) is 17.7 Å². The predicted molar refractivity (Wildman–Crippen MR) is 79.7 cm³/mol. The van der Waals surface area contributed by atoms with E-state index >= 15 is 0 Å². The van der Waals surface area contributed by atoms with Crippen LogP contribution in [0.5, 0.6) is 0 Å². The van der Waals surface area contributed by atoms with Crippen molar-refractivity contribution in [2.75, 3.05) is 5.32 Å². The molecule has 0 atom stereocenters. The molecule has 0 saturated carbocycles. The van der Waals surface area contributed by atoms with Gasteiger partial charge in [-0.3, -0.25) is 4.79 Å². The molecule has 0 aromatic heterocycles. The number of carboxylic acid groups (broad SMARTS) is 1.